The predicted octanol–water partition coefficient (Wildman–Crippen LogP) is 3.21. The Balaban J connectivity index is 1.94. The number of aromatic nitrogens is 2. The quantitative estimate of drug-likeness (QED) is 0.822. The van der Waals surface area contributed by atoms with Gasteiger partial charge in [0.2, 0.25) is 0 Å². The summed E-state index contributed by atoms with van der Waals surface area (Å²) in [6.07, 6.45) is 3.90. The summed E-state index contributed by atoms with van der Waals surface area (Å²) in [4.78, 5) is 4.33. The Morgan fingerprint density at radius 1 is 1.32 bits per heavy atom. The van der Waals surface area contributed by atoms with Gasteiger partial charge >= 0.3 is 0 Å². The first kappa shape index (κ1) is 13.0. The fraction of sp³-hybridized carbons (Fsp3) is 0.385. The van der Waals surface area contributed by atoms with Gasteiger partial charge in [0.15, 0.2) is 5.82 Å². The topological polar surface area (TPSA) is 64.9 Å². The van der Waals surface area contributed by atoms with Crippen LogP contribution in [0.5, 0.6) is 0 Å². The van der Waals surface area contributed by atoms with Gasteiger partial charge in [0.05, 0.1) is 5.54 Å². The SMILES string of the molecule is NC1(c2noc(-c3ccc(I)c(F)c3)n2)CCCC1. The fourth-order valence-corrected chi connectivity index (χ4v) is 2.74. The maximum absolute atomic E-state index is 13.5. The van der Waals surface area contributed by atoms with E-state index in [0.717, 1.165) is 25.7 Å². The average molecular weight is 373 g/mol. The van der Waals surface area contributed by atoms with Crippen LogP contribution >= 0.6 is 22.6 Å². The molecule has 100 valence electrons. The summed E-state index contributed by atoms with van der Waals surface area (Å²) in [6, 6.07) is 4.85. The van der Waals surface area contributed by atoms with Gasteiger partial charge in [0, 0.05) is 9.13 Å². The van der Waals surface area contributed by atoms with Crippen molar-refractivity contribution in [1.29, 1.82) is 0 Å². The maximum Gasteiger partial charge on any atom is 0.258 e. The molecule has 0 unspecified atom stereocenters. The summed E-state index contributed by atoms with van der Waals surface area (Å²) < 4.78 is 19.3. The monoisotopic (exact) mass is 373 g/mol. The number of hydrogen-bond acceptors (Lipinski definition) is 4. The van der Waals surface area contributed by atoms with Crippen molar-refractivity contribution >= 4 is 22.6 Å². The Labute approximate surface area is 123 Å². The Kier molecular flexibility index (Phi) is 3.30. The molecule has 0 atom stereocenters. The summed E-state index contributed by atoms with van der Waals surface area (Å²) in [7, 11) is 0. The molecule has 0 aliphatic heterocycles. The number of halogens is 2. The van der Waals surface area contributed by atoms with E-state index in [1.165, 1.54) is 6.07 Å². The van der Waals surface area contributed by atoms with Crippen molar-refractivity contribution in [3.63, 3.8) is 0 Å². The van der Waals surface area contributed by atoms with Gasteiger partial charge in [0.1, 0.15) is 5.82 Å². The van der Waals surface area contributed by atoms with Gasteiger partial charge in [-0.15, -0.1) is 0 Å². The van der Waals surface area contributed by atoms with Crippen molar-refractivity contribution in [1.82, 2.24) is 10.1 Å². The molecule has 1 aliphatic carbocycles. The number of nitrogens with two attached hydrogens (primary N) is 1. The summed E-state index contributed by atoms with van der Waals surface area (Å²) in [5, 5.41) is 3.96. The number of benzene rings is 1. The third kappa shape index (κ3) is 2.38. The second kappa shape index (κ2) is 4.82. The normalized spacial score (nSPS) is 17.8. The van der Waals surface area contributed by atoms with Crippen molar-refractivity contribution < 1.29 is 8.91 Å². The average Bonchev–Trinajstić information content (AvgIpc) is 3.02. The van der Waals surface area contributed by atoms with Crippen LogP contribution in [-0.4, -0.2) is 10.1 Å². The summed E-state index contributed by atoms with van der Waals surface area (Å²) in [6.45, 7) is 0. The molecule has 0 radical (unpaired) electrons. The highest BCUT2D eigenvalue weighted by Gasteiger charge is 2.36. The Bertz CT molecular complexity index is 608. The van der Waals surface area contributed by atoms with E-state index < -0.39 is 5.54 Å². The van der Waals surface area contributed by atoms with Gasteiger partial charge in [-0.1, -0.05) is 18.0 Å². The molecule has 4 nitrogen and oxygen atoms in total. The second-order valence-corrected chi connectivity index (χ2v) is 6.08. The largest absolute Gasteiger partial charge is 0.334 e. The maximum atomic E-state index is 13.5. The summed E-state index contributed by atoms with van der Waals surface area (Å²) in [5.74, 6) is 0.558. The first-order chi connectivity index (χ1) is 9.08. The number of nitrogens with zero attached hydrogens (tertiary/aromatic N) is 2. The molecule has 0 bridgehead atoms. The van der Waals surface area contributed by atoms with Crippen LogP contribution in [0.15, 0.2) is 22.7 Å². The zero-order valence-electron chi connectivity index (χ0n) is 10.2. The summed E-state index contributed by atoms with van der Waals surface area (Å²) >= 11 is 1.94. The predicted molar refractivity (Wildman–Crippen MR) is 76.7 cm³/mol. The van der Waals surface area contributed by atoms with E-state index in [0.29, 0.717) is 20.8 Å². The third-order valence-corrected chi connectivity index (χ3v) is 4.41. The molecule has 0 amide bonds. The zero-order valence-corrected chi connectivity index (χ0v) is 12.4. The van der Waals surface area contributed by atoms with E-state index in [9.17, 15) is 4.39 Å². The van der Waals surface area contributed by atoms with Crippen LogP contribution in [0, 0.1) is 9.39 Å². The van der Waals surface area contributed by atoms with E-state index in [4.69, 9.17) is 10.3 Å². The van der Waals surface area contributed by atoms with E-state index in [2.05, 4.69) is 10.1 Å². The van der Waals surface area contributed by atoms with Crippen LogP contribution < -0.4 is 5.73 Å². The first-order valence-electron chi connectivity index (χ1n) is 6.17. The minimum absolute atomic E-state index is 0.291. The molecule has 19 heavy (non-hydrogen) atoms. The van der Waals surface area contributed by atoms with Crippen LogP contribution in [0.3, 0.4) is 0 Å². The van der Waals surface area contributed by atoms with Crippen molar-refractivity contribution in [2.75, 3.05) is 0 Å². The fourth-order valence-electron chi connectivity index (χ4n) is 2.40. The lowest BCUT2D eigenvalue weighted by molar-refractivity contribution is 0.372. The molecular formula is C13H13FIN3O. The highest BCUT2D eigenvalue weighted by Crippen LogP contribution is 2.35. The molecule has 1 fully saturated rings. The molecule has 3 rings (SSSR count). The molecule has 0 saturated heterocycles. The molecule has 2 N–H and O–H groups in total. The van der Waals surface area contributed by atoms with Crippen LogP contribution in [0.25, 0.3) is 11.5 Å². The van der Waals surface area contributed by atoms with E-state index in [1.54, 1.807) is 12.1 Å². The molecule has 1 aromatic carbocycles. The molecule has 1 saturated carbocycles. The van der Waals surface area contributed by atoms with Crippen molar-refractivity contribution in [2.24, 2.45) is 5.73 Å². The molecule has 1 aromatic heterocycles. The number of hydrogen-bond donors (Lipinski definition) is 1. The van der Waals surface area contributed by atoms with Crippen LogP contribution in [0.1, 0.15) is 31.5 Å². The number of rotatable bonds is 2. The highest BCUT2D eigenvalue weighted by atomic mass is 127. The van der Waals surface area contributed by atoms with Gasteiger partial charge in [-0.05, 0) is 53.6 Å². The Morgan fingerprint density at radius 3 is 2.74 bits per heavy atom. The smallest absolute Gasteiger partial charge is 0.258 e. The minimum Gasteiger partial charge on any atom is -0.334 e. The molecule has 0 spiro atoms. The van der Waals surface area contributed by atoms with Crippen LogP contribution in [0.2, 0.25) is 0 Å². The Hall–Kier alpha value is -1.02. The third-order valence-electron chi connectivity index (χ3n) is 3.53. The molecule has 1 aliphatic rings. The van der Waals surface area contributed by atoms with Gasteiger partial charge in [0.25, 0.3) is 5.89 Å². The zero-order chi connectivity index (χ0) is 13.5. The lowest BCUT2D eigenvalue weighted by Crippen LogP contribution is -2.34. The van der Waals surface area contributed by atoms with Gasteiger partial charge in [-0.3, -0.25) is 0 Å². The summed E-state index contributed by atoms with van der Waals surface area (Å²) in [5.41, 5.74) is 6.36. The van der Waals surface area contributed by atoms with Gasteiger partial charge in [-0.2, -0.15) is 4.98 Å². The van der Waals surface area contributed by atoms with E-state index in [1.807, 2.05) is 22.6 Å². The molecule has 6 heteroatoms. The second-order valence-electron chi connectivity index (χ2n) is 4.92. The van der Waals surface area contributed by atoms with Crippen molar-refractivity contribution in [3.8, 4) is 11.5 Å². The molecule has 1 heterocycles. The highest BCUT2D eigenvalue weighted by molar-refractivity contribution is 14.1. The van der Waals surface area contributed by atoms with Crippen molar-refractivity contribution in [2.45, 2.75) is 31.2 Å². The standard InChI is InChI=1S/C13H13FIN3O/c14-9-7-8(3-4-10(9)15)11-17-12(18-19-11)13(16)5-1-2-6-13/h3-4,7H,1-2,5-6,16H2. The van der Waals surface area contributed by atoms with Gasteiger partial charge < -0.3 is 10.3 Å². The molecular weight excluding hydrogens is 360 g/mol. The minimum atomic E-state index is -0.483. The Morgan fingerprint density at radius 2 is 2.05 bits per heavy atom. The van der Waals surface area contributed by atoms with Crippen LogP contribution in [0.4, 0.5) is 4.39 Å². The lowest BCUT2D eigenvalue weighted by Gasteiger charge is -2.17. The van der Waals surface area contributed by atoms with E-state index in [-0.39, 0.29) is 5.82 Å². The first-order valence-corrected chi connectivity index (χ1v) is 7.25. The van der Waals surface area contributed by atoms with Crippen molar-refractivity contribution in [3.05, 3.63) is 33.4 Å². The van der Waals surface area contributed by atoms with Gasteiger partial charge in [-0.25, -0.2) is 4.39 Å². The van der Waals surface area contributed by atoms with E-state index >= 15 is 0 Å². The molecule has 2 aromatic rings. The van der Waals surface area contributed by atoms with Crippen LogP contribution in [-0.2, 0) is 5.54 Å². The lowest BCUT2D eigenvalue weighted by atomic mass is 9.99.